The third kappa shape index (κ3) is 1.86. The van der Waals surface area contributed by atoms with Gasteiger partial charge >= 0.3 is 10.2 Å². The second-order valence-electron chi connectivity index (χ2n) is 5.56. The second-order valence-corrected chi connectivity index (χ2v) is 7.55. The highest BCUT2D eigenvalue weighted by Crippen LogP contribution is 2.48. The van der Waals surface area contributed by atoms with E-state index in [0.29, 0.717) is 18.5 Å². The molecule has 0 aromatic heterocycles. The number of hydrogen-bond acceptors (Lipinski definition) is 3. The topological polar surface area (TPSA) is 69.7 Å². The zero-order chi connectivity index (χ0) is 15.4. The molecule has 114 valence electrons. The summed E-state index contributed by atoms with van der Waals surface area (Å²) in [5.41, 5.74) is -0.596. The van der Waals surface area contributed by atoms with E-state index in [2.05, 4.69) is 5.32 Å². The molecular formula is C13H16FN3O3S. The van der Waals surface area contributed by atoms with Crippen LogP contribution in [0.3, 0.4) is 0 Å². The Kier molecular flexibility index (Phi) is 3.00. The molecule has 8 heteroatoms. The fourth-order valence-corrected chi connectivity index (χ4v) is 4.24. The van der Waals surface area contributed by atoms with Crippen molar-refractivity contribution < 1.29 is 17.6 Å². The molecule has 1 aliphatic carbocycles. The molecule has 1 aromatic carbocycles. The van der Waals surface area contributed by atoms with Gasteiger partial charge < -0.3 is 5.32 Å². The molecule has 1 spiro atoms. The summed E-state index contributed by atoms with van der Waals surface area (Å²) in [6.07, 6.45) is 1.70. The van der Waals surface area contributed by atoms with Crippen LogP contribution in [-0.4, -0.2) is 38.3 Å². The average Bonchev–Trinajstić information content (AvgIpc) is 2.34. The zero-order valence-electron chi connectivity index (χ0n) is 11.8. The lowest BCUT2D eigenvalue weighted by molar-refractivity contribution is -0.123. The van der Waals surface area contributed by atoms with Crippen LogP contribution >= 0.6 is 0 Å². The smallest absolute Gasteiger partial charge is 0.304 e. The number of hydrogen-bond donors (Lipinski definition) is 1. The standard InChI is InChI=1S/C13H16FN3O3S/c1-16(2)21(19,20)17-11-5-4-9(14)8-10(11)15-12(18)13(17)6-3-7-13/h4-5,8H,3,6-7H2,1-2H3,(H,15,18). The first-order valence-electron chi connectivity index (χ1n) is 6.63. The molecule has 2 aliphatic rings. The van der Waals surface area contributed by atoms with Crippen molar-refractivity contribution in [2.24, 2.45) is 0 Å². The molecular weight excluding hydrogens is 297 g/mol. The first-order chi connectivity index (χ1) is 9.79. The number of carbonyl (C=O) groups excluding carboxylic acids is 1. The van der Waals surface area contributed by atoms with Crippen LogP contribution in [0.2, 0.25) is 0 Å². The van der Waals surface area contributed by atoms with Crippen LogP contribution in [-0.2, 0) is 15.0 Å². The summed E-state index contributed by atoms with van der Waals surface area (Å²) in [6.45, 7) is 0. The molecule has 1 fully saturated rings. The van der Waals surface area contributed by atoms with Gasteiger partial charge in [-0.1, -0.05) is 0 Å². The molecule has 1 aromatic rings. The first kappa shape index (κ1) is 14.3. The largest absolute Gasteiger partial charge is 0.322 e. The van der Waals surface area contributed by atoms with Crippen LogP contribution < -0.4 is 9.62 Å². The molecule has 1 heterocycles. The van der Waals surface area contributed by atoms with E-state index in [1.54, 1.807) is 0 Å². The van der Waals surface area contributed by atoms with Crippen molar-refractivity contribution in [3.8, 4) is 0 Å². The normalized spacial score (nSPS) is 20.2. The lowest BCUT2D eigenvalue weighted by Gasteiger charge is -2.51. The molecule has 0 saturated heterocycles. The minimum atomic E-state index is -3.84. The zero-order valence-corrected chi connectivity index (χ0v) is 12.6. The van der Waals surface area contributed by atoms with E-state index in [0.717, 1.165) is 21.1 Å². The molecule has 0 unspecified atom stereocenters. The van der Waals surface area contributed by atoms with Crippen molar-refractivity contribution >= 4 is 27.5 Å². The quantitative estimate of drug-likeness (QED) is 0.895. The summed E-state index contributed by atoms with van der Waals surface area (Å²) in [4.78, 5) is 12.4. The van der Waals surface area contributed by atoms with Gasteiger partial charge in [0, 0.05) is 14.1 Å². The first-order valence-corrected chi connectivity index (χ1v) is 8.03. The lowest BCUT2D eigenvalue weighted by Crippen LogP contribution is -2.67. The molecule has 1 amide bonds. The fourth-order valence-electron chi connectivity index (χ4n) is 2.80. The van der Waals surface area contributed by atoms with Crippen LogP contribution in [0.1, 0.15) is 19.3 Å². The summed E-state index contributed by atoms with van der Waals surface area (Å²) in [7, 11) is -1.02. The Morgan fingerprint density at radius 2 is 2.00 bits per heavy atom. The predicted molar refractivity (Wildman–Crippen MR) is 76.7 cm³/mol. The Labute approximate surface area is 122 Å². The molecule has 3 rings (SSSR count). The maximum absolute atomic E-state index is 13.4. The number of benzene rings is 1. The van der Waals surface area contributed by atoms with Gasteiger partial charge in [-0.25, -0.2) is 8.70 Å². The van der Waals surface area contributed by atoms with Crippen molar-refractivity contribution in [3.05, 3.63) is 24.0 Å². The van der Waals surface area contributed by atoms with Gasteiger partial charge in [-0.3, -0.25) is 4.79 Å². The number of carbonyl (C=O) groups is 1. The highest BCUT2D eigenvalue weighted by molar-refractivity contribution is 7.90. The highest BCUT2D eigenvalue weighted by atomic mass is 32.2. The van der Waals surface area contributed by atoms with Gasteiger partial charge in [0.05, 0.1) is 11.4 Å². The van der Waals surface area contributed by atoms with Crippen LogP contribution in [0.25, 0.3) is 0 Å². The second kappa shape index (κ2) is 4.41. The number of nitrogens with one attached hydrogen (secondary N) is 1. The Hall–Kier alpha value is -1.67. The number of halogens is 1. The van der Waals surface area contributed by atoms with E-state index in [-0.39, 0.29) is 5.69 Å². The van der Waals surface area contributed by atoms with Crippen LogP contribution in [0.15, 0.2) is 18.2 Å². The van der Waals surface area contributed by atoms with Crippen LogP contribution in [0.4, 0.5) is 15.8 Å². The molecule has 0 bridgehead atoms. The minimum Gasteiger partial charge on any atom is -0.322 e. The molecule has 0 atom stereocenters. The third-order valence-electron chi connectivity index (χ3n) is 4.11. The third-order valence-corrected chi connectivity index (χ3v) is 6.04. The van der Waals surface area contributed by atoms with Gasteiger partial charge in [-0.05, 0) is 37.5 Å². The van der Waals surface area contributed by atoms with E-state index in [4.69, 9.17) is 0 Å². The Morgan fingerprint density at radius 1 is 1.33 bits per heavy atom. The lowest BCUT2D eigenvalue weighted by atomic mass is 9.74. The number of fused-ring (bicyclic) bond motifs is 1. The molecule has 1 N–H and O–H groups in total. The molecule has 1 saturated carbocycles. The Bertz CT molecular complexity index is 713. The maximum Gasteiger partial charge on any atom is 0.304 e. The maximum atomic E-state index is 13.4. The monoisotopic (exact) mass is 313 g/mol. The number of rotatable bonds is 2. The van der Waals surface area contributed by atoms with Crippen molar-refractivity contribution in [2.45, 2.75) is 24.8 Å². The van der Waals surface area contributed by atoms with E-state index >= 15 is 0 Å². The van der Waals surface area contributed by atoms with Crippen molar-refractivity contribution in [2.75, 3.05) is 23.7 Å². The van der Waals surface area contributed by atoms with Gasteiger partial charge in [0.25, 0.3) is 5.91 Å². The summed E-state index contributed by atoms with van der Waals surface area (Å²) < 4.78 is 40.9. The predicted octanol–water partition coefficient (Wildman–Crippen LogP) is 1.31. The summed E-state index contributed by atoms with van der Waals surface area (Å²) in [5, 5.41) is 2.63. The number of nitrogens with zero attached hydrogens (tertiary/aromatic N) is 2. The SMILES string of the molecule is CN(C)S(=O)(=O)N1c2ccc(F)cc2NC(=O)C12CCC2. The Balaban J connectivity index is 2.24. The van der Waals surface area contributed by atoms with Gasteiger partial charge in [0.15, 0.2) is 0 Å². The molecule has 6 nitrogen and oxygen atoms in total. The van der Waals surface area contributed by atoms with Crippen LogP contribution in [0, 0.1) is 5.82 Å². The minimum absolute atomic E-state index is 0.183. The fraction of sp³-hybridized carbons (Fsp3) is 0.462. The van der Waals surface area contributed by atoms with Crippen molar-refractivity contribution in [3.63, 3.8) is 0 Å². The summed E-state index contributed by atoms with van der Waals surface area (Å²) in [5.74, 6) is -0.918. The van der Waals surface area contributed by atoms with Crippen molar-refractivity contribution in [1.82, 2.24) is 4.31 Å². The number of amides is 1. The number of anilines is 2. The van der Waals surface area contributed by atoms with Gasteiger partial charge in [0.1, 0.15) is 11.4 Å². The van der Waals surface area contributed by atoms with Crippen molar-refractivity contribution in [1.29, 1.82) is 0 Å². The van der Waals surface area contributed by atoms with E-state index in [1.807, 2.05) is 0 Å². The molecule has 0 radical (unpaired) electrons. The van der Waals surface area contributed by atoms with E-state index in [1.165, 1.54) is 26.2 Å². The van der Waals surface area contributed by atoms with Gasteiger partial charge in [-0.2, -0.15) is 12.7 Å². The summed E-state index contributed by atoms with van der Waals surface area (Å²) >= 11 is 0. The van der Waals surface area contributed by atoms with Gasteiger partial charge in [0.2, 0.25) is 0 Å². The Morgan fingerprint density at radius 3 is 2.52 bits per heavy atom. The van der Waals surface area contributed by atoms with Gasteiger partial charge in [-0.15, -0.1) is 0 Å². The molecule has 1 aliphatic heterocycles. The van der Waals surface area contributed by atoms with E-state index < -0.39 is 27.5 Å². The average molecular weight is 313 g/mol. The summed E-state index contributed by atoms with van der Waals surface area (Å²) in [6, 6.07) is 3.73. The van der Waals surface area contributed by atoms with Crippen LogP contribution in [0.5, 0.6) is 0 Å². The molecule has 21 heavy (non-hydrogen) atoms. The highest BCUT2D eigenvalue weighted by Gasteiger charge is 2.57. The van der Waals surface area contributed by atoms with E-state index in [9.17, 15) is 17.6 Å².